The summed E-state index contributed by atoms with van der Waals surface area (Å²) in [5.41, 5.74) is 0.685. The van der Waals surface area contributed by atoms with E-state index in [0.29, 0.717) is 51.1 Å². The molecule has 1 aliphatic heterocycles. The van der Waals surface area contributed by atoms with Gasteiger partial charge in [-0.3, -0.25) is 4.79 Å². The third-order valence-electron chi connectivity index (χ3n) is 3.49. The summed E-state index contributed by atoms with van der Waals surface area (Å²) in [5, 5.41) is 9.97. The summed E-state index contributed by atoms with van der Waals surface area (Å²) in [4.78, 5) is 13.7. The SMILES string of the molecule is O=C(CCC[C@H](O)c1ccc(F)cc1)N1CCOCC1. The van der Waals surface area contributed by atoms with Crippen LogP contribution < -0.4 is 0 Å². The zero-order valence-corrected chi connectivity index (χ0v) is 11.4. The fraction of sp³-hybridized carbons (Fsp3) is 0.533. The van der Waals surface area contributed by atoms with Crippen molar-refractivity contribution in [3.8, 4) is 0 Å². The largest absolute Gasteiger partial charge is 0.388 e. The fourth-order valence-corrected chi connectivity index (χ4v) is 2.27. The van der Waals surface area contributed by atoms with Gasteiger partial charge in [0.05, 0.1) is 19.3 Å². The number of halogens is 1. The van der Waals surface area contributed by atoms with Gasteiger partial charge in [-0.05, 0) is 30.5 Å². The molecule has 0 bridgehead atoms. The molecule has 1 aliphatic rings. The van der Waals surface area contributed by atoms with Crippen molar-refractivity contribution in [3.05, 3.63) is 35.6 Å². The molecule has 0 radical (unpaired) electrons. The number of aliphatic hydroxyl groups is 1. The first-order valence-corrected chi connectivity index (χ1v) is 6.96. The smallest absolute Gasteiger partial charge is 0.222 e. The summed E-state index contributed by atoms with van der Waals surface area (Å²) in [6, 6.07) is 5.81. The molecule has 1 saturated heterocycles. The lowest BCUT2D eigenvalue weighted by molar-refractivity contribution is -0.135. The zero-order valence-electron chi connectivity index (χ0n) is 11.4. The predicted molar refractivity (Wildman–Crippen MR) is 72.6 cm³/mol. The van der Waals surface area contributed by atoms with Crippen molar-refractivity contribution >= 4 is 5.91 Å². The van der Waals surface area contributed by atoms with Crippen molar-refractivity contribution in [1.29, 1.82) is 0 Å². The summed E-state index contributed by atoms with van der Waals surface area (Å²) in [6.07, 6.45) is 0.905. The van der Waals surface area contributed by atoms with Crippen LogP contribution in [0.1, 0.15) is 30.9 Å². The highest BCUT2D eigenvalue weighted by Crippen LogP contribution is 2.19. The molecule has 0 saturated carbocycles. The summed E-state index contributed by atoms with van der Waals surface area (Å²) < 4.78 is 18.0. The monoisotopic (exact) mass is 281 g/mol. The number of morpholine rings is 1. The normalized spacial score (nSPS) is 17.0. The van der Waals surface area contributed by atoms with Crippen molar-refractivity contribution in [2.45, 2.75) is 25.4 Å². The van der Waals surface area contributed by atoms with Gasteiger partial charge in [-0.1, -0.05) is 12.1 Å². The van der Waals surface area contributed by atoms with E-state index >= 15 is 0 Å². The number of carbonyl (C=O) groups excluding carboxylic acids is 1. The maximum atomic E-state index is 12.8. The molecule has 110 valence electrons. The van der Waals surface area contributed by atoms with Crippen LogP contribution in [0, 0.1) is 5.82 Å². The predicted octanol–water partition coefficient (Wildman–Crippen LogP) is 1.89. The highest BCUT2D eigenvalue weighted by atomic mass is 19.1. The van der Waals surface area contributed by atoms with Crippen molar-refractivity contribution in [2.75, 3.05) is 26.3 Å². The molecule has 1 fully saturated rings. The molecule has 0 aromatic heterocycles. The Hall–Kier alpha value is -1.46. The third kappa shape index (κ3) is 4.28. The van der Waals surface area contributed by atoms with E-state index in [1.807, 2.05) is 0 Å². The van der Waals surface area contributed by atoms with Crippen molar-refractivity contribution < 1.29 is 19.0 Å². The molecular weight excluding hydrogens is 261 g/mol. The van der Waals surface area contributed by atoms with Crippen molar-refractivity contribution in [3.63, 3.8) is 0 Å². The van der Waals surface area contributed by atoms with Crippen LogP contribution in [-0.2, 0) is 9.53 Å². The Labute approximate surface area is 118 Å². The van der Waals surface area contributed by atoms with Gasteiger partial charge in [-0.15, -0.1) is 0 Å². The second kappa shape index (κ2) is 7.36. The molecule has 5 heteroatoms. The molecule has 1 N–H and O–H groups in total. The minimum absolute atomic E-state index is 0.111. The van der Waals surface area contributed by atoms with Gasteiger partial charge in [0.1, 0.15) is 5.82 Å². The van der Waals surface area contributed by atoms with Crippen LogP contribution in [0.4, 0.5) is 4.39 Å². The minimum atomic E-state index is -0.645. The molecule has 1 heterocycles. The van der Waals surface area contributed by atoms with Gasteiger partial charge in [-0.2, -0.15) is 0 Å². The van der Waals surface area contributed by atoms with Gasteiger partial charge in [-0.25, -0.2) is 4.39 Å². The van der Waals surface area contributed by atoms with Gasteiger partial charge < -0.3 is 14.7 Å². The topological polar surface area (TPSA) is 49.8 Å². The Balaban J connectivity index is 1.72. The first-order valence-electron chi connectivity index (χ1n) is 6.96. The van der Waals surface area contributed by atoms with E-state index in [4.69, 9.17) is 4.74 Å². The molecule has 1 aromatic rings. The van der Waals surface area contributed by atoms with Crippen LogP contribution in [0.15, 0.2) is 24.3 Å². The molecule has 0 spiro atoms. The van der Waals surface area contributed by atoms with Gasteiger partial charge >= 0.3 is 0 Å². The number of ether oxygens (including phenoxy) is 1. The summed E-state index contributed by atoms with van der Waals surface area (Å²) in [7, 11) is 0. The molecule has 1 amide bonds. The second-order valence-corrected chi connectivity index (χ2v) is 4.95. The lowest BCUT2D eigenvalue weighted by Crippen LogP contribution is -2.40. The average Bonchev–Trinajstić information content (AvgIpc) is 2.48. The van der Waals surface area contributed by atoms with Crippen LogP contribution in [0.3, 0.4) is 0 Å². The first kappa shape index (κ1) is 14.9. The standard InChI is InChI=1S/C15H20FNO3/c16-13-6-4-12(5-7-13)14(18)2-1-3-15(19)17-8-10-20-11-9-17/h4-7,14,18H,1-3,8-11H2/t14-/m0/s1. The van der Waals surface area contributed by atoms with Crippen LogP contribution in [0.2, 0.25) is 0 Å². The van der Waals surface area contributed by atoms with Crippen LogP contribution in [0.25, 0.3) is 0 Å². The molecular formula is C15H20FNO3. The molecule has 1 atom stereocenters. The van der Waals surface area contributed by atoms with Crippen LogP contribution in [0.5, 0.6) is 0 Å². The second-order valence-electron chi connectivity index (χ2n) is 4.95. The quantitative estimate of drug-likeness (QED) is 0.896. The van der Waals surface area contributed by atoms with Gasteiger partial charge in [0.2, 0.25) is 5.91 Å². The molecule has 4 nitrogen and oxygen atoms in total. The number of hydrogen-bond acceptors (Lipinski definition) is 3. The molecule has 2 rings (SSSR count). The molecule has 0 unspecified atom stereocenters. The van der Waals surface area contributed by atoms with Gasteiger partial charge in [0.15, 0.2) is 0 Å². The summed E-state index contributed by atoms with van der Waals surface area (Å²) in [5.74, 6) is -0.206. The maximum absolute atomic E-state index is 12.8. The van der Waals surface area contributed by atoms with E-state index in [-0.39, 0.29) is 11.7 Å². The minimum Gasteiger partial charge on any atom is -0.388 e. The first-order chi connectivity index (χ1) is 9.66. The van der Waals surface area contributed by atoms with E-state index in [0.717, 1.165) is 0 Å². The molecule has 1 aromatic carbocycles. The Morgan fingerprint density at radius 2 is 1.95 bits per heavy atom. The Bertz CT molecular complexity index is 429. The number of benzene rings is 1. The zero-order chi connectivity index (χ0) is 14.4. The number of rotatable bonds is 5. The number of carbonyl (C=O) groups is 1. The van der Waals surface area contributed by atoms with E-state index in [1.165, 1.54) is 12.1 Å². The third-order valence-corrected chi connectivity index (χ3v) is 3.49. The Morgan fingerprint density at radius 1 is 1.30 bits per heavy atom. The van der Waals surface area contributed by atoms with Crippen molar-refractivity contribution in [2.24, 2.45) is 0 Å². The van der Waals surface area contributed by atoms with Crippen LogP contribution in [-0.4, -0.2) is 42.2 Å². The summed E-state index contributed by atoms with van der Waals surface area (Å²) >= 11 is 0. The number of hydrogen-bond donors (Lipinski definition) is 1. The Kier molecular flexibility index (Phi) is 5.49. The number of amides is 1. The molecule has 0 aliphatic carbocycles. The lowest BCUT2D eigenvalue weighted by atomic mass is 10.0. The van der Waals surface area contributed by atoms with Crippen molar-refractivity contribution in [1.82, 2.24) is 4.90 Å². The lowest BCUT2D eigenvalue weighted by Gasteiger charge is -2.27. The Morgan fingerprint density at radius 3 is 2.60 bits per heavy atom. The number of nitrogens with zero attached hydrogens (tertiary/aromatic N) is 1. The average molecular weight is 281 g/mol. The summed E-state index contributed by atoms with van der Waals surface area (Å²) in [6.45, 7) is 2.51. The fourth-order valence-electron chi connectivity index (χ4n) is 2.27. The van der Waals surface area contributed by atoms with Gasteiger partial charge in [0.25, 0.3) is 0 Å². The van der Waals surface area contributed by atoms with E-state index < -0.39 is 6.10 Å². The van der Waals surface area contributed by atoms with E-state index in [9.17, 15) is 14.3 Å². The van der Waals surface area contributed by atoms with E-state index in [1.54, 1.807) is 17.0 Å². The van der Waals surface area contributed by atoms with Crippen LogP contribution >= 0.6 is 0 Å². The highest BCUT2D eigenvalue weighted by molar-refractivity contribution is 5.76. The highest BCUT2D eigenvalue weighted by Gasteiger charge is 2.17. The maximum Gasteiger partial charge on any atom is 0.222 e. The van der Waals surface area contributed by atoms with E-state index in [2.05, 4.69) is 0 Å². The van der Waals surface area contributed by atoms with Gasteiger partial charge in [0, 0.05) is 19.5 Å². The molecule has 20 heavy (non-hydrogen) atoms. The number of aliphatic hydroxyl groups excluding tert-OH is 1.